The number of rotatable bonds is 4. The van der Waals surface area contributed by atoms with Crippen molar-refractivity contribution < 1.29 is 38.2 Å². The van der Waals surface area contributed by atoms with Gasteiger partial charge < -0.3 is 24.7 Å². The maximum Gasteiger partial charge on any atom is 0.369 e. The summed E-state index contributed by atoms with van der Waals surface area (Å²) in [6.07, 6.45) is -1.32. The van der Waals surface area contributed by atoms with E-state index in [1.165, 1.54) is 0 Å². The predicted molar refractivity (Wildman–Crippen MR) is 39.6 cm³/mol. The van der Waals surface area contributed by atoms with E-state index in [0.29, 0.717) is 0 Å². The van der Waals surface area contributed by atoms with Crippen molar-refractivity contribution in [3.8, 4) is 0 Å². The number of halogens is 1. The molecule has 13 heavy (non-hydrogen) atoms. The van der Waals surface area contributed by atoms with Gasteiger partial charge in [0.2, 0.25) is 0 Å². The van der Waals surface area contributed by atoms with Crippen LogP contribution in [-0.2, 0) is 9.13 Å². The number of aliphatic hydroxyl groups is 1. The molecule has 10 heteroatoms. The Balaban J connectivity index is 5.22. The summed E-state index contributed by atoms with van der Waals surface area (Å²) in [7, 11) is -10.9. The molecule has 0 rings (SSSR count). The molecule has 0 unspecified atom stereocenters. The Morgan fingerprint density at radius 1 is 1.08 bits per heavy atom. The standard InChI is InChI=1S/C3H9FO7P2/c4-2-1-3(5,12(6,7)8)13(9,10)11/h5H,1-2H2,(H2,6,7,8)(H2,9,10,11). The van der Waals surface area contributed by atoms with E-state index in [2.05, 4.69) is 0 Å². The molecule has 80 valence electrons. The summed E-state index contributed by atoms with van der Waals surface area (Å²) in [5, 5.41) is 5.30. The third-order valence-electron chi connectivity index (χ3n) is 1.36. The van der Waals surface area contributed by atoms with Crippen LogP contribution in [0.5, 0.6) is 0 Å². The van der Waals surface area contributed by atoms with E-state index >= 15 is 0 Å². The summed E-state index contributed by atoms with van der Waals surface area (Å²) >= 11 is 0. The fraction of sp³-hybridized carbons (Fsp3) is 1.00. The van der Waals surface area contributed by atoms with Gasteiger partial charge in [0.25, 0.3) is 5.08 Å². The molecule has 0 radical (unpaired) electrons. The maximum atomic E-state index is 11.7. The Bertz CT molecular complexity index is 243. The predicted octanol–water partition coefficient (Wildman–Crippen LogP) is -0.652. The van der Waals surface area contributed by atoms with Crippen LogP contribution in [-0.4, -0.2) is 36.4 Å². The lowest BCUT2D eigenvalue weighted by Crippen LogP contribution is -2.29. The van der Waals surface area contributed by atoms with E-state index in [0.717, 1.165) is 0 Å². The van der Waals surface area contributed by atoms with E-state index in [1.54, 1.807) is 0 Å². The Morgan fingerprint density at radius 3 is 1.46 bits per heavy atom. The molecule has 0 fully saturated rings. The van der Waals surface area contributed by atoms with Gasteiger partial charge in [0.15, 0.2) is 0 Å². The summed E-state index contributed by atoms with van der Waals surface area (Å²) in [6.45, 7) is -1.45. The average molecular weight is 238 g/mol. The van der Waals surface area contributed by atoms with Gasteiger partial charge in [0.05, 0.1) is 6.67 Å². The largest absolute Gasteiger partial charge is 0.369 e. The number of hydrogen-bond acceptors (Lipinski definition) is 3. The Morgan fingerprint density at radius 2 is 1.38 bits per heavy atom. The molecule has 7 nitrogen and oxygen atoms in total. The van der Waals surface area contributed by atoms with Crippen molar-refractivity contribution in [2.45, 2.75) is 11.5 Å². The topological polar surface area (TPSA) is 135 Å². The Hall–Kier alpha value is 0.190. The van der Waals surface area contributed by atoms with Gasteiger partial charge in [-0.15, -0.1) is 0 Å². The zero-order valence-electron chi connectivity index (χ0n) is 6.24. The average Bonchev–Trinajstić information content (AvgIpc) is 1.82. The summed E-state index contributed by atoms with van der Waals surface area (Å²) in [6, 6.07) is 0. The van der Waals surface area contributed by atoms with Gasteiger partial charge >= 0.3 is 15.2 Å². The molecule has 0 aliphatic heterocycles. The Kier molecular flexibility index (Phi) is 3.80. The molecule has 0 spiro atoms. The third-order valence-corrected chi connectivity index (χ3v) is 5.24. The van der Waals surface area contributed by atoms with Crippen molar-refractivity contribution in [1.82, 2.24) is 0 Å². The fourth-order valence-corrected chi connectivity index (χ4v) is 2.70. The van der Waals surface area contributed by atoms with Crippen LogP contribution >= 0.6 is 15.2 Å². The van der Waals surface area contributed by atoms with Gasteiger partial charge in [0.1, 0.15) is 0 Å². The van der Waals surface area contributed by atoms with E-state index < -0.39 is 33.4 Å². The highest BCUT2D eigenvalue weighted by atomic mass is 31.2. The van der Waals surface area contributed by atoms with Crippen LogP contribution in [0, 0.1) is 0 Å². The first-order chi connectivity index (χ1) is 5.56. The van der Waals surface area contributed by atoms with Gasteiger partial charge in [0, 0.05) is 6.42 Å². The smallest absolute Gasteiger partial charge is 0.367 e. The minimum atomic E-state index is -5.47. The summed E-state index contributed by atoms with van der Waals surface area (Å²) < 4.78 is 32.7. The molecule has 0 atom stereocenters. The molecule has 0 saturated heterocycles. The third kappa shape index (κ3) is 2.57. The van der Waals surface area contributed by atoms with Gasteiger partial charge in [-0.1, -0.05) is 0 Å². The Labute approximate surface area is 72.5 Å². The molecule has 0 amide bonds. The van der Waals surface area contributed by atoms with Crippen molar-refractivity contribution >= 4 is 15.2 Å². The van der Waals surface area contributed by atoms with E-state index in [-0.39, 0.29) is 0 Å². The number of alkyl halides is 1. The first kappa shape index (κ1) is 13.2. The second-order valence-electron chi connectivity index (χ2n) is 2.30. The van der Waals surface area contributed by atoms with Crippen LogP contribution in [0.25, 0.3) is 0 Å². The van der Waals surface area contributed by atoms with Crippen LogP contribution in [0.1, 0.15) is 6.42 Å². The van der Waals surface area contributed by atoms with Gasteiger partial charge in [-0.3, -0.25) is 13.5 Å². The van der Waals surface area contributed by atoms with Crippen molar-refractivity contribution in [2.75, 3.05) is 6.67 Å². The van der Waals surface area contributed by atoms with Crippen molar-refractivity contribution in [3.05, 3.63) is 0 Å². The molecule has 0 aromatic rings. The lowest BCUT2D eigenvalue weighted by atomic mass is 10.5. The van der Waals surface area contributed by atoms with Crippen LogP contribution in [0.15, 0.2) is 0 Å². The molecule has 0 aromatic heterocycles. The molecule has 5 N–H and O–H groups in total. The molecular weight excluding hydrogens is 229 g/mol. The van der Waals surface area contributed by atoms with E-state index in [9.17, 15) is 13.5 Å². The lowest BCUT2D eigenvalue weighted by molar-refractivity contribution is 0.115. The monoisotopic (exact) mass is 238 g/mol. The second kappa shape index (κ2) is 3.74. The van der Waals surface area contributed by atoms with Crippen LogP contribution in [0.4, 0.5) is 4.39 Å². The molecule has 0 aliphatic carbocycles. The molecule has 0 aliphatic rings. The highest BCUT2D eigenvalue weighted by Crippen LogP contribution is 2.68. The van der Waals surface area contributed by atoms with Crippen LogP contribution in [0.3, 0.4) is 0 Å². The van der Waals surface area contributed by atoms with Crippen molar-refractivity contribution in [2.24, 2.45) is 0 Å². The van der Waals surface area contributed by atoms with Crippen LogP contribution in [0.2, 0.25) is 0 Å². The second-order valence-corrected chi connectivity index (χ2v) is 6.31. The molecule has 0 heterocycles. The lowest BCUT2D eigenvalue weighted by Gasteiger charge is -2.27. The fourth-order valence-electron chi connectivity index (χ4n) is 0.588. The molecule has 0 bridgehead atoms. The molecule has 0 aromatic carbocycles. The summed E-state index contributed by atoms with van der Waals surface area (Å²) in [5.41, 5.74) is 0. The highest BCUT2D eigenvalue weighted by molar-refractivity contribution is 7.72. The molecule has 0 saturated carbocycles. The van der Waals surface area contributed by atoms with Crippen molar-refractivity contribution in [3.63, 3.8) is 0 Å². The molecular formula is C3H9FO7P2. The highest BCUT2D eigenvalue weighted by Gasteiger charge is 2.58. The first-order valence-electron chi connectivity index (χ1n) is 2.96. The quantitative estimate of drug-likeness (QED) is 0.410. The zero-order chi connectivity index (χ0) is 10.9. The van der Waals surface area contributed by atoms with Gasteiger partial charge in [-0.25, -0.2) is 0 Å². The SMILES string of the molecule is O=P(O)(O)C(O)(CCF)P(=O)(O)O. The van der Waals surface area contributed by atoms with Gasteiger partial charge in [-0.2, -0.15) is 0 Å². The van der Waals surface area contributed by atoms with E-state index in [1.807, 2.05) is 0 Å². The summed E-state index contributed by atoms with van der Waals surface area (Å²) in [4.78, 5) is 33.6. The first-order valence-corrected chi connectivity index (χ1v) is 6.18. The minimum Gasteiger partial charge on any atom is -0.367 e. The van der Waals surface area contributed by atoms with Crippen molar-refractivity contribution in [1.29, 1.82) is 0 Å². The number of hydrogen-bond donors (Lipinski definition) is 5. The maximum absolute atomic E-state index is 11.7. The zero-order valence-corrected chi connectivity index (χ0v) is 8.03. The minimum absolute atomic E-state index is 1.32. The van der Waals surface area contributed by atoms with E-state index in [4.69, 9.17) is 24.7 Å². The normalized spacial score (nSPS) is 14.6. The van der Waals surface area contributed by atoms with Crippen LogP contribution < -0.4 is 0 Å². The van der Waals surface area contributed by atoms with Gasteiger partial charge in [-0.05, 0) is 0 Å². The summed E-state index contributed by atoms with van der Waals surface area (Å²) in [5.74, 6) is 0.